The van der Waals surface area contributed by atoms with Crippen LogP contribution in [0.2, 0.25) is 0 Å². The lowest BCUT2D eigenvalue weighted by atomic mass is 10.3. The maximum absolute atomic E-state index is 12.4. The summed E-state index contributed by atoms with van der Waals surface area (Å²) >= 11 is 3.24. The molecular weight excluding hydrogens is 344 g/mol. The van der Waals surface area contributed by atoms with Crippen molar-refractivity contribution in [2.75, 3.05) is 12.8 Å². The fraction of sp³-hybridized carbons (Fsp3) is 0.250. The molecule has 0 saturated carbocycles. The molecule has 1 aromatic carbocycles. The number of aromatic nitrogens is 2. The minimum absolute atomic E-state index is 0.199. The van der Waals surface area contributed by atoms with Gasteiger partial charge in [-0.05, 0) is 34.1 Å². The molecular formula is C12H15BrN4O2S. The van der Waals surface area contributed by atoms with E-state index in [1.165, 1.54) is 23.5 Å². The Morgan fingerprint density at radius 2 is 2.15 bits per heavy atom. The van der Waals surface area contributed by atoms with E-state index in [0.29, 0.717) is 10.2 Å². The van der Waals surface area contributed by atoms with Crippen LogP contribution in [0.5, 0.6) is 0 Å². The van der Waals surface area contributed by atoms with Crippen molar-refractivity contribution in [2.45, 2.75) is 11.4 Å². The zero-order valence-electron chi connectivity index (χ0n) is 11.1. The van der Waals surface area contributed by atoms with E-state index < -0.39 is 10.0 Å². The molecule has 0 radical (unpaired) electrons. The molecule has 8 heteroatoms. The van der Waals surface area contributed by atoms with E-state index in [-0.39, 0.29) is 11.4 Å². The zero-order chi connectivity index (χ0) is 14.9. The summed E-state index contributed by atoms with van der Waals surface area (Å²) in [5.41, 5.74) is 6.99. The summed E-state index contributed by atoms with van der Waals surface area (Å²) in [4.78, 5) is 0.199. The molecule has 0 atom stereocenters. The van der Waals surface area contributed by atoms with E-state index in [4.69, 9.17) is 5.73 Å². The van der Waals surface area contributed by atoms with Gasteiger partial charge in [0.05, 0.1) is 11.1 Å². The Balaban J connectivity index is 2.27. The molecule has 2 rings (SSSR count). The van der Waals surface area contributed by atoms with Crippen LogP contribution in [0.25, 0.3) is 0 Å². The second kappa shape index (κ2) is 5.55. The van der Waals surface area contributed by atoms with Crippen LogP contribution in [0.3, 0.4) is 0 Å². The van der Waals surface area contributed by atoms with Crippen molar-refractivity contribution in [3.05, 3.63) is 40.6 Å². The Morgan fingerprint density at radius 1 is 1.45 bits per heavy atom. The molecule has 0 spiro atoms. The van der Waals surface area contributed by atoms with Gasteiger partial charge < -0.3 is 5.73 Å². The van der Waals surface area contributed by atoms with Gasteiger partial charge in [-0.15, -0.1) is 0 Å². The molecule has 0 unspecified atom stereocenters. The molecule has 0 aliphatic carbocycles. The van der Waals surface area contributed by atoms with Gasteiger partial charge in [0.1, 0.15) is 0 Å². The lowest BCUT2D eigenvalue weighted by Gasteiger charge is -2.16. The maximum atomic E-state index is 12.4. The first-order valence-electron chi connectivity index (χ1n) is 5.79. The number of hydrogen-bond donors (Lipinski definition) is 1. The Labute approximate surface area is 126 Å². The fourth-order valence-electron chi connectivity index (χ4n) is 1.74. The number of rotatable bonds is 4. The lowest BCUT2D eigenvalue weighted by Crippen LogP contribution is -2.26. The number of aryl methyl sites for hydroxylation is 1. The normalized spacial score (nSPS) is 12.0. The molecule has 1 aromatic heterocycles. The molecule has 0 aliphatic rings. The minimum atomic E-state index is -3.56. The fourth-order valence-corrected chi connectivity index (χ4v) is 3.46. The van der Waals surface area contributed by atoms with Gasteiger partial charge in [0.25, 0.3) is 0 Å². The van der Waals surface area contributed by atoms with Crippen LogP contribution in [0.4, 0.5) is 5.69 Å². The predicted octanol–water partition coefficient (Wildman–Crippen LogP) is 1.59. The standard InChI is InChI=1S/C12H15BrN4O2S/c1-16-7-9(6-15-16)8-17(2)20(18,19)10-3-4-12(14)11(13)5-10/h3-7H,8,14H2,1-2H3. The Kier molecular flexibility index (Phi) is 4.17. The third-order valence-corrected chi connectivity index (χ3v) is 5.33. The summed E-state index contributed by atoms with van der Waals surface area (Å²) in [6.07, 6.45) is 3.43. The summed E-state index contributed by atoms with van der Waals surface area (Å²) in [5, 5.41) is 4.02. The van der Waals surface area contributed by atoms with Crippen molar-refractivity contribution in [1.82, 2.24) is 14.1 Å². The molecule has 2 aromatic rings. The number of sulfonamides is 1. The van der Waals surface area contributed by atoms with E-state index >= 15 is 0 Å². The van der Waals surface area contributed by atoms with Crippen LogP contribution in [0, 0.1) is 0 Å². The molecule has 0 saturated heterocycles. The van der Waals surface area contributed by atoms with E-state index in [9.17, 15) is 8.42 Å². The number of nitrogen functional groups attached to an aromatic ring is 1. The highest BCUT2D eigenvalue weighted by molar-refractivity contribution is 9.10. The average Bonchev–Trinajstić information content (AvgIpc) is 2.78. The van der Waals surface area contributed by atoms with Gasteiger partial charge in [0.2, 0.25) is 10.0 Å². The SMILES string of the molecule is CN(Cc1cnn(C)c1)S(=O)(=O)c1ccc(N)c(Br)c1. The molecule has 0 amide bonds. The first kappa shape index (κ1) is 15.0. The maximum Gasteiger partial charge on any atom is 0.243 e. The molecule has 0 fully saturated rings. The van der Waals surface area contributed by atoms with Crippen LogP contribution < -0.4 is 5.73 Å². The highest BCUT2D eigenvalue weighted by atomic mass is 79.9. The predicted molar refractivity (Wildman–Crippen MR) is 80.4 cm³/mol. The van der Waals surface area contributed by atoms with Crippen LogP contribution in [0.15, 0.2) is 40.0 Å². The highest BCUT2D eigenvalue weighted by Crippen LogP contribution is 2.25. The van der Waals surface area contributed by atoms with Gasteiger partial charge in [-0.2, -0.15) is 9.40 Å². The number of nitrogens with two attached hydrogens (primary N) is 1. The molecule has 108 valence electrons. The minimum Gasteiger partial charge on any atom is -0.398 e. The van der Waals surface area contributed by atoms with Gasteiger partial charge in [-0.3, -0.25) is 4.68 Å². The third kappa shape index (κ3) is 3.02. The molecule has 2 N–H and O–H groups in total. The highest BCUT2D eigenvalue weighted by Gasteiger charge is 2.22. The molecule has 0 bridgehead atoms. The molecule has 0 aliphatic heterocycles. The summed E-state index contributed by atoms with van der Waals surface area (Å²) in [5.74, 6) is 0. The van der Waals surface area contributed by atoms with E-state index in [1.54, 1.807) is 30.2 Å². The Hall–Kier alpha value is -1.38. The van der Waals surface area contributed by atoms with Crippen LogP contribution in [-0.2, 0) is 23.6 Å². The van der Waals surface area contributed by atoms with Crippen molar-refractivity contribution >= 4 is 31.6 Å². The Bertz CT molecular complexity index is 727. The lowest BCUT2D eigenvalue weighted by molar-refractivity contribution is 0.466. The van der Waals surface area contributed by atoms with Crippen LogP contribution in [0.1, 0.15) is 5.56 Å². The largest absolute Gasteiger partial charge is 0.398 e. The third-order valence-electron chi connectivity index (χ3n) is 2.84. The van der Waals surface area contributed by atoms with Crippen molar-refractivity contribution in [2.24, 2.45) is 7.05 Å². The quantitative estimate of drug-likeness (QED) is 0.841. The number of halogens is 1. The Morgan fingerprint density at radius 3 is 2.70 bits per heavy atom. The number of nitrogens with zero attached hydrogens (tertiary/aromatic N) is 3. The molecule has 6 nitrogen and oxygen atoms in total. The number of benzene rings is 1. The van der Waals surface area contributed by atoms with E-state index in [0.717, 1.165) is 5.56 Å². The number of hydrogen-bond acceptors (Lipinski definition) is 4. The van der Waals surface area contributed by atoms with Crippen molar-refractivity contribution in [3.63, 3.8) is 0 Å². The molecule has 1 heterocycles. The van der Waals surface area contributed by atoms with E-state index in [1.807, 2.05) is 0 Å². The van der Waals surface area contributed by atoms with E-state index in [2.05, 4.69) is 21.0 Å². The average molecular weight is 359 g/mol. The van der Waals surface area contributed by atoms with Crippen LogP contribution in [-0.4, -0.2) is 29.6 Å². The summed E-state index contributed by atoms with van der Waals surface area (Å²) in [6, 6.07) is 4.56. The monoisotopic (exact) mass is 358 g/mol. The van der Waals surface area contributed by atoms with Gasteiger partial charge in [0.15, 0.2) is 0 Å². The van der Waals surface area contributed by atoms with Gasteiger partial charge in [0, 0.05) is 42.6 Å². The van der Waals surface area contributed by atoms with Gasteiger partial charge in [-0.25, -0.2) is 8.42 Å². The first-order valence-corrected chi connectivity index (χ1v) is 8.03. The van der Waals surface area contributed by atoms with Crippen molar-refractivity contribution in [1.29, 1.82) is 0 Å². The van der Waals surface area contributed by atoms with Crippen LogP contribution >= 0.6 is 15.9 Å². The first-order chi connectivity index (χ1) is 9.30. The second-order valence-electron chi connectivity index (χ2n) is 4.47. The number of anilines is 1. The molecule has 20 heavy (non-hydrogen) atoms. The van der Waals surface area contributed by atoms with Crippen molar-refractivity contribution < 1.29 is 8.42 Å². The summed E-state index contributed by atoms with van der Waals surface area (Å²) in [6.45, 7) is 0.262. The topological polar surface area (TPSA) is 81.2 Å². The second-order valence-corrected chi connectivity index (χ2v) is 7.37. The van der Waals surface area contributed by atoms with Crippen molar-refractivity contribution in [3.8, 4) is 0 Å². The van der Waals surface area contributed by atoms with Gasteiger partial charge >= 0.3 is 0 Å². The van der Waals surface area contributed by atoms with Gasteiger partial charge in [-0.1, -0.05) is 0 Å². The summed E-state index contributed by atoms with van der Waals surface area (Å²) in [7, 11) is -0.235. The summed E-state index contributed by atoms with van der Waals surface area (Å²) < 4.78 is 28.4. The smallest absolute Gasteiger partial charge is 0.243 e. The zero-order valence-corrected chi connectivity index (χ0v) is 13.5.